The molecule has 0 spiro atoms. The highest BCUT2D eigenvalue weighted by Gasteiger charge is 2.09. The third-order valence-corrected chi connectivity index (χ3v) is 2.59. The second kappa shape index (κ2) is 8.09. The summed E-state index contributed by atoms with van der Waals surface area (Å²) in [4.78, 5) is 0. The van der Waals surface area contributed by atoms with Crippen molar-refractivity contribution in [3.63, 3.8) is 0 Å². The lowest BCUT2D eigenvalue weighted by atomic mass is 10.1. The average Bonchev–Trinajstić information content (AvgIpc) is 2.35. The lowest BCUT2D eigenvalue weighted by Gasteiger charge is -2.17. The van der Waals surface area contributed by atoms with Crippen molar-refractivity contribution in [3.8, 4) is 5.75 Å². The third kappa shape index (κ3) is 4.75. The van der Waals surface area contributed by atoms with Gasteiger partial charge in [0.05, 0.1) is 13.2 Å². The summed E-state index contributed by atoms with van der Waals surface area (Å²) in [7, 11) is 0. The van der Waals surface area contributed by atoms with E-state index in [2.05, 4.69) is 18.3 Å². The highest BCUT2D eigenvalue weighted by Crippen LogP contribution is 2.24. The number of ether oxygens (including phenoxy) is 2. The first-order valence-electron chi connectivity index (χ1n) is 6.32. The van der Waals surface area contributed by atoms with Crippen molar-refractivity contribution in [2.75, 3.05) is 26.4 Å². The number of para-hydroxylation sites is 1. The van der Waals surface area contributed by atoms with Crippen LogP contribution in [-0.4, -0.2) is 26.4 Å². The van der Waals surface area contributed by atoms with Crippen LogP contribution >= 0.6 is 0 Å². The van der Waals surface area contributed by atoms with E-state index < -0.39 is 0 Å². The van der Waals surface area contributed by atoms with Crippen LogP contribution in [0.5, 0.6) is 5.75 Å². The van der Waals surface area contributed by atoms with Gasteiger partial charge in [0.15, 0.2) is 0 Å². The molecule has 0 heterocycles. The third-order valence-electron chi connectivity index (χ3n) is 2.59. The predicted molar refractivity (Wildman–Crippen MR) is 70.5 cm³/mol. The number of benzene rings is 1. The first kappa shape index (κ1) is 14.0. The van der Waals surface area contributed by atoms with Gasteiger partial charge >= 0.3 is 0 Å². The normalized spacial score (nSPS) is 12.4. The molecule has 0 amide bonds. The molecule has 0 aliphatic carbocycles. The Labute approximate surface area is 104 Å². The minimum Gasteiger partial charge on any atom is -0.494 e. The fraction of sp³-hybridized carbons (Fsp3) is 0.571. The molecule has 3 heteroatoms. The molecule has 1 atom stereocenters. The van der Waals surface area contributed by atoms with Gasteiger partial charge in [-0.25, -0.2) is 0 Å². The van der Waals surface area contributed by atoms with E-state index in [1.165, 1.54) is 5.56 Å². The number of hydrogen-bond donors (Lipinski definition) is 1. The van der Waals surface area contributed by atoms with E-state index in [1.807, 2.05) is 32.0 Å². The van der Waals surface area contributed by atoms with Crippen molar-refractivity contribution >= 4 is 0 Å². The molecule has 3 nitrogen and oxygen atoms in total. The fourth-order valence-corrected chi connectivity index (χ4v) is 1.73. The van der Waals surface area contributed by atoms with Crippen molar-refractivity contribution in [2.24, 2.45) is 0 Å². The molecule has 0 saturated heterocycles. The fourth-order valence-electron chi connectivity index (χ4n) is 1.73. The summed E-state index contributed by atoms with van der Waals surface area (Å²) in [6.07, 6.45) is 0. The van der Waals surface area contributed by atoms with Crippen LogP contribution in [0, 0.1) is 0 Å². The monoisotopic (exact) mass is 237 g/mol. The number of nitrogens with one attached hydrogen (secondary N) is 1. The molecule has 1 rings (SSSR count). The molecular formula is C14H23NO2. The Hall–Kier alpha value is -1.06. The van der Waals surface area contributed by atoms with Gasteiger partial charge in [0.2, 0.25) is 0 Å². The van der Waals surface area contributed by atoms with Gasteiger partial charge in [0.25, 0.3) is 0 Å². The van der Waals surface area contributed by atoms with E-state index in [0.29, 0.717) is 6.61 Å². The van der Waals surface area contributed by atoms with Crippen molar-refractivity contribution in [1.29, 1.82) is 0 Å². The summed E-state index contributed by atoms with van der Waals surface area (Å²) in [5.41, 5.74) is 1.20. The molecule has 1 aromatic carbocycles. The van der Waals surface area contributed by atoms with Gasteiger partial charge in [0, 0.05) is 24.8 Å². The lowest BCUT2D eigenvalue weighted by molar-refractivity contribution is 0.147. The Morgan fingerprint density at radius 3 is 2.65 bits per heavy atom. The summed E-state index contributed by atoms with van der Waals surface area (Å²) in [5, 5.41) is 3.43. The summed E-state index contributed by atoms with van der Waals surface area (Å²) < 4.78 is 10.9. The van der Waals surface area contributed by atoms with Crippen molar-refractivity contribution < 1.29 is 9.47 Å². The standard InChI is InChI=1S/C14H23NO2/c1-4-16-11-10-15-12(3)13-8-6-7-9-14(13)17-5-2/h6-9,12,15H,4-5,10-11H2,1-3H3. The van der Waals surface area contributed by atoms with E-state index >= 15 is 0 Å². The molecule has 0 saturated carbocycles. The highest BCUT2D eigenvalue weighted by atomic mass is 16.5. The van der Waals surface area contributed by atoms with Crippen molar-refractivity contribution in [3.05, 3.63) is 29.8 Å². The summed E-state index contributed by atoms with van der Waals surface area (Å²) in [6, 6.07) is 8.43. The minimum atomic E-state index is 0.276. The first-order chi connectivity index (χ1) is 8.29. The quantitative estimate of drug-likeness (QED) is 0.705. The average molecular weight is 237 g/mol. The maximum absolute atomic E-state index is 5.61. The highest BCUT2D eigenvalue weighted by molar-refractivity contribution is 5.35. The smallest absolute Gasteiger partial charge is 0.124 e. The van der Waals surface area contributed by atoms with Crippen LogP contribution in [0.3, 0.4) is 0 Å². The minimum absolute atomic E-state index is 0.276. The molecule has 0 aliphatic rings. The Balaban J connectivity index is 2.52. The Kier molecular flexibility index (Phi) is 6.67. The van der Waals surface area contributed by atoms with Crippen LogP contribution in [0.1, 0.15) is 32.4 Å². The molecular weight excluding hydrogens is 214 g/mol. The van der Waals surface area contributed by atoms with Gasteiger partial charge in [-0.05, 0) is 26.8 Å². The number of hydrogen-bond acceptors (Lipinski definition) is 3. The van der Waals surface area contributed by atoms with E-state index in [4.69, 9.17) is 9.47 Å². The van der Waals surface area contributed by atoms with Crippen LogP contribution in [-0.2, 0) is 4.74 Å². The maximum atomic E-state index is 5.61. The molecule has 0 radical (unpaired) electrons. The van der Waals surface area contributed by atoms with Gasteiger partial charge in [0.1, 0.15) is 5.75 Å². The number of rotatable bonds is 8. The van der Waals surface area contributed by atoms with Gasteiger partial charge in [-0.2, -0.15) is 0 Å². The van der Waals surface area contributed by atoms with Gasteiger partial charge in [-0.15, -0.1) is 0 Å². The van der Waals surface area contributed by atoms with Crippen molar-refractivity contribution in [1.82, 2.24) is 5.32 Å². The lowest BCUT2D eigenvalue weighted by Crippen LogP contribution is -2.23. The SMILES string of the molecule is CCOCCNC(C)c1ccccc1OCC. The zero-order valence-corrected chi connectivity index (χ0v) is 11.0. The van der Waals surface area contributed by atoms with E-state index in [0.717, 1.165) is 25.5 Å². The molecule has 0 aromatic heterocycles. The van der Waals surface area contributed by atoms with Crippen LogP contribution in [0.25, 0.3) is 0 Å². The van der Waals surface area contributed by atoms with Crippen LogP contribution in [0.2, 0.25) is 0 Å². The summed E-state index contributed by atoms with van der Waals surface area (Å²) in [6.45, 7) is 9.23. The maximum Gasteiger partial charge on any atom is 0.124 e. The zero-order valence-electron chi connectivity index (χ0n) is 11.0. The molecule has 0 fully saturated rings. The van der Waals surface area contributed by atoms with E-state index in [9.17, 15) is 0 Å². The predicted octanol–water partition coefficient (Wildman–Crippen LogP) is 2.77. The molecule has 1 N–H and O–H groups in total. The second-order valence-corrected chi connectivity index (χ2v) is 3.84. The molecule has 0 bridgehead atoms. The Morgan fingerprint density at radius 1 is 1.18 bits per heavy atom. The summed E-state index contributed by atoms with van der Waals surface area (Å²) >= 11 is 0. The topological polar surface area (TPSA) is 30.5 Å². The first-order valence-corrected chi connectivity index (χ1v) is 6.32. The molecule has 0 aliphatic heterocycles. The van der Waals surface area contributed by atoms with Crippen molar-refractivity contribution in [2.45, 2.75) is 26.8 Å². The Bertz CT molecular complexity index is 315. The van der Waals surface area contributed by atoms with E-state index in [1.54, 1.807) is 0 Å². The van der Waals surface area contributed by atoms with Crippen LogP contribution < -0.4 is 10.1 Å². The van der Waals surface area contributed by atoms with Gasteiger partial charge in [-0.3, -0.25) is 0 Å². The molecule has 1 unspecified atom stereocenters. The van der Waals surface area contributed by atoms with E-state index in [-0.39, 0.29) is 6.04 Å². The van der Waals surface area contributed by atoms with Gasteiger partial charge < -0.3 is 14.8 Å². The Morgan fingerprint density at radius 2 is 1.94 bits per heavy atom. The molecule has 1 aromatic rings. The molecule has 96 valence electrons. The van der Waals surface area contributed by atoms with Crippen LogP contribution in [0.15, 0.2) is 24.3 Å². The van der Waals surface area contributed by atoms with Gasteiger partial charge in [-0.1, -0.05) is 18.2 Å². The summed E-state index contributed by atoms with van der Waals surface area (Å²) in [5.74, 6) is 0.964. The molecule has 17 heavy (non-hydrogen) atoms. The zero-order chi connectivity index (χ0) is 12.5. The van der Waals surface area contributed by atoms with Crippen LogP contribution in [0.4, 0.5) is 0 Å². The second-order valence-electron chi connectivity index (χ2n) is 3.84. The largest absolute Gasteiger partial charge is 0.494 e.